The van der Waals surface area contributed by atoms with Gasteiger partial charge in [0.15, 0.2) is 0 Å². The fraction of sp³-hybridized carbons (Fsp3) is 0.214. The summed E-state index contributed by atoms with van der Waals surface area (Å²) >= 11 is 12.2. The van der Waals surface area contributed by atoms with Gasteiger partial charge in [0.2, 0.25) is 0 Å². The van der Waals surface area contributed by atoms with Gasteiger partial charge in [-0.3, -0.25) is 19.4 Å². The molecule has 1 N–H and O–H groups in total. The Labute approximate surface area is 237 Å². The molecule has 4 aromatic rings. The largest absolute Gasteiger partial charge is 0.496 e. The Bertz CT molecular complexity index is 1610. The number of ether oxygens (including phenoxy) is 1. The van der Waals surface area contributed by atoms with Gasteiger partial charge in [0, 0.05) is 60.4 Å². The molecule has 5 rings (SSSR count). The van der Waals surface area contributed by atoms with Gasteiger partial charge >= 0.3 is 0 Å². The molecule has 0 unspecified atom stereocenters. The van der Waals surface area contributed by atoms with Crippen molar-refractivity contribution < 1.29 is 17.9 Å². The van der Waals surface area contributed by atoms with Crippen LogP contribution in [0.5, 0.6) is 5.75 Å². The number of rotatable bonds is 7. The molecule has 3 aromatic carbocycles. The summed E-state index contributed by atoms with van der Waals surface area (Å²) in [5.41, 5.74) is 2.04. The first-order valence-electron chi connectivity index (χ1n) is 12.2. The molecule has 1 saturated heterocycles. The van der Waals surface area contributed by atoms with E-state index >= 15 is 0 Å². The Morgan fingerprint density at radius 2 is 1.69 bits per heavy atom. The number of para-hydroxylation sites is 1. The summed E-state index contributed by atoms with van der Waals surface area (Å²) in [7, 11) is -2.49. The number of pyridine rings is 1. The van der Waals surface area contributed by atoms with Crippen LogP contribution in [0, 0.1) is 0 Å². The molecule has 1 aliphatic heterocycles. The molecule has 0 atom stereocenters. The zero-order chi connectivity index (χ0) is 27.6. The van der Waals surface area contributed by atoms with Crippen LogP contribution in [0.4, 0.5) is 5.69 Å². The predicted octanol–water partition coefficient (Wildman–Crippen LogP) is 5.31. The number of sulfonamides is 1. The van der Waals surface area contributed by atoms with E-state index in [1.807, 2.05) is 12.1 Å². The number of fused-ring (bicyclic) bond motifs is 1. The zero-order valence-corrected chi connectivity index (χ0v) is 23.4. The number of hydrogen-bond acceptors (Lipinski definition) is 6. The number of amides is 1. The second-order valence-electron chi connectivity index (χ2n) is 9.20. The first-order valence-corrected chi connectivity index (χ1v) is 14.5. The second-order valence-corrected chi connectivity index (χ2v) is 11.7. The van der Waals surface area contributed by atoms with Crippen LogP contribution >= 0.6 is 23.2 Å². The maximum absolute atomic E-state index is 13.3. The van der Waals surface area contributed by atoms with E-state index in [1.165, 1.54) is 19.2 Å². The van der Waals surface area contributed by atoms with Crippen molar-refractivity contribution in [2.24, 2.45) is 0 Å². The maximum Gasteiger partial charge on any atom is 0.264 e. The van der Waals surface area contributed by atoms with Gasteiger partial charge in [-0.05, 0) is 48.0 Å². The number of halogens is 2. The molecule has 0 bridgehead atoms. The number of carbonyl (C=O) groups excluding carboxylic acids is 1. The molecule has 1 fully saturated rings. The Balaban J connectivity index is 1.28. The summed E-state index contributed by atoms with van der Waals surface area (Å²) in [5, 5.41) is 1.91. The van der Waals surface area contributed by atoms with Crippen LogP contribution in [-0.4, -0.2) is 62.4 Å². The average molecular weight is 586 g/mol. The lowest BCUT2D eigenvalue weighted by Crippen LogP contribution is -2.48. The third-order valence-corrected chi connectivity index (χ3v) is 8.41. The fourth-order valence-electron chi connectivity index (χ4n) is 4.67. The van der Waals surface area contributed by atoms with E-state index in [1.54, 1.807) is 53.6 Å². The predicted molar refractivity (Wildman–Crippen MR) is 153 cm³/mol. The molecule has 0 spiro atoms. The number of methoxy groups -OCH3 is 1. The molecule has 1 aromatic heterocycles. The number of carbonyl (C=O) groups is 1. The van der Waals surface area contributed by atoms with Gasteiger partial charge < -0.3 is 9.64 Å². The SMILES string of the molecule is COc1cc(NS(=O)(=O)c2cccc3cccnc23)ccc1C(=O)N1CCN(Cc2cc(Cl)cc(Cl)c2)CC1. The van der Waals surface area contributed by atoms with Crippen molar-refractivity contribution in [3.05, 3.63) is 94.1 Å². The van der Waals surface area contributed by atoms with Crippen LogP contribution in [0.3, 0.4) is 0 Å². The van der Waals surface area contributed by atoms with Gasteiger partial charge in [-0.2, -0.15) is 0 Å². The van der Waals surface area contributed by atoms with E-state index in [9.17, 15) is 13.2 Å². The molecule has 8 nitrogen and oxygen atoms in total. The molecule has 1 aliphatic rings. The maximum atomic E-state index is 13.3. The molecular formula is C28H26Cl2N4O4S. The van der Waals surface area contributed by atoms with Crippen LogP contribution in [0.1, 0.15) is 15.9 Å². The second kappa shape index (κ2) is 11.4. The number of nitrogens with zero attached hydrogens (tertiary/aromatic N) is 3. The van der Waals surface area contributed by atoms with Crippen LogP contribution in [0.25, 0.3) is 10.9 Å². The van der Waals surface area contributed by atoms with E-state index in [2.05, 4.69) is 14.6 Å². The number of hydrogen-bond donors (Lipinski definition) is 1. The van der Waals surface area contributed by atoms with Crippen molar-refractivity contribution in [1.82, 2.24) is 14.8 Å². The third-order valence-electron chi connectivity index (χ3n) is 6.56. The van der Waals surface area contributed by atoms with Gasteiger partial charge in [-0.1, -0.05) is 41.4 Å². The topological polar surface area (TPSA) is 91.8 Å². The standard InChI is InChI=1S/C28H26Cl2N4O4S/c1-38-25-17-23(32-39(36,37)26-6-2-4-20-5-3-9-31-27(20)26)7-8-24(25)28(35)34-12-10-33(11-13-34)18-19-14-21(29)16-22(30)15-19/h2-9,14-17,32H,10-13,18H2,1H3. The van der Waals surface area contributed by atoms with Crippen molar-refractivity contribution in [2.45, 2.75) is 11.4 Å². The lowest BCUT2D eigenvalue weighted by atomic mass is 10.1. The summed E-state index contributed by atoms with van der Waals surface area (Å²) in [5.74, 6) is 0.109. The average Bonchev–Trinajstić information content (AvgIpc) is 2.92. The van der Waals surface area contributed by atoms with E-state index in [0.717, 1.165) is 10.9 Å². The van der Waals surface area contributed by atoms with Gasteiger partial charge in [0.1, 0.15) is 10.6 Å². The van der Waals surface area contributed by atoms with E-state index in [4.69, 9.17) is 27.9 Å². The highest BCUT2D eigenvalue weighted by Crippen LogP contribution is 2.29. The van der Waals surface area contributed by atoms with Crippen molar-refractivity contribution in [3.63, 3.8) is 0 Å². The van der Waals surface area contributed by atoms with Crippen molar-refractivity contribution in [3.8, 4) is 5.75 Å². The van der Waals surface area contributed by atoms with Crippen LogP contribution < -0.4 is 9.46 Å². The van der Waals surface area contributed by atoms with Gasteiger partial charge in [-0.15, -0.1) is 0 Å². The first kappa shape index (κ1) is 27.2. The van der Waals surface area contributed by atoms with Gasteiger partial charge in [0.05, 0.1) is 23.9 Å². The van der Waals surface area contributed by atoms with E-state index in [-0.39, 0.29) is 22.2 Å². The Hall–Kier alpha value is -3.37. The van der Waals surface area contributed by atoms with Crippen LogP contribution in [0.2, 0.25) is 10.0 Å². The summed E-state index contributed by atoms with van der Waals surface area (Å²) < 4.78 is 34.5. The third kappa shape index (κ3) is 6.12. The molecule has 39 heavy (non-hydrogen) atoms. The lowest BCUT2D eigenvalue weighted by Gasteiger charge is -2.35. The molecule has 1 amide bonds. The van der Waals surface area contributed by atoms with E-state index in [0.29, 0.717) is 53.8 Å². The zero-order valence-electron chi connectivity index (χ0n) is 21.1. The molecule has 0 radical (unpaired) electrons. The monoisotopic (exact) mass is 584 g/mol. The minimum Gasteiger partial charge on any atom is -0.496 e. The lowest BCUT2D eigenvalue weighted by molar-refractivity contribution is 0.0625. The number of anilines is 1. The number of benzene rings is 3. The molecular weight excluding hydrogens is 559 g/mol. The molecule has 0 saturated carbocycles. The number of aromatic nitrogens is 1. The summed E-state index contributed by atoms with van der Waals surface area (Å²) in [4.78, 5) is 21.7. The fourth-order valence-corrected chi connectivity index (χ4v) is 6.48. The van der Waals surface area contributed by atoms with Gasteiger partial charge in [-0.25, -0.2) is 8.42 Å². The molecule has 202 valence electrons. The number of piperazine rings is 1. The summed E-state index contributed by atoms with van der Waals surface area (Å²) in [6.45, 7) is 3.15. The minimum absolute atomic E-state index is 0.0673. The highest BCUT2D eigenvalue weighted by Gasteiger charge is 2.25. The highest BCUT2D eigenvalue weighted by molar-refractivity contribution is 7.93. The minimum atomic E-state index is -3.94. The van der Waals surface area contributed by atoms with Gasteiger partial charge in [0.25, 0.3) is 15.9 Å². The smallest absolute Gasteiger partial charge is 0.264 e. The Kier molecular flexibility index (Phi) is 7.95. The normalized spacial score (nSPS) is 14.4. The Morgan fingerprint density at radius 3 is 2.41 bits per heavy atom. The summed E-state index contributed by atoms with van der Waals surface area (Å²) in [6.07, 6.45) is 1.55. The molecule has 11 heteroatoms. The van der Waals surface area contributed by atoms with Crippen molar-refractivity contribution >= 4 is 55.7 Å². The quantitative estimate of drug-likeness (QED) is 0.316. The van der Waals surface area contributed by atoms with Crippen LogP contribution in [0.15, 0.2) is 77.8 Å². The highest BCUT2D eigenvalue weighted by atomic mass is 35.5. The van der Waals surface area contributed by atoms with E-state index < -0.39 is 10.0 Å². The number of nitrogens with one attached hydrogen (secondary N) is 1. The van der Waals surface area contributed by atoms with Crippen molar-refractivity contribution in [2.75, 3.05) is 38.0 Å². The van der Waals surface area contributed by atoms with Crippen molar-refractivity contribution in [1.29, 1.82) is 0 Å². The van der Waals surface area contributed by atoms with Crippen LogP contribution in [-0.2, 0) is 16.6 Å². The molecule has 2 heterocycles. The Morgan fingerprint density at radius 1 is 0.974 bits per heavy atom. The summed E-state index contributed by atoms with van der Waals surface area (Å²) in [6, 6.07) is 18.7. The molecule has 0 aliphatic carbocycles. The first-order chi connectivity index (χ1) is 18.7.